The van der Waals surface area contributed by atoms with Crippen LogP contribution in [0.25, 0.3) is 0 Å². The fraction of sp³-hybridized carbons (Fsp3) is 0.969. The third-order valence-electron chi connectivity index (χ3n) is 8.72. The van der Waals surface area contributed by atoms with Gasteiger partial charge in [0, 0.05) is 0 Å². The lowest BCUT2D eigenvalue weighted by molar-refractivity contribution is -0.220. The number of phosphoric ester groups is 1. The minimum absolute atomic E-state index is 0.219. The van der Waals surface area contributed by atoms with E-state index >= 15 is 0 Å². The molecular formula is C32H64NO12P. The molecule has 14 heteroatoms. The molecule has 8 atom stereocenters. The second-order valence-corrected chi connectivity index (χ2v) is 14.3. The molecule has 1 aliphatic rings. The molecule has 1 fully saturated rings. The summed E-state index contributed by atoms with van der Waals surface area (Å²) in [6.45, 7) is 3.64. The molecule has 8 unspecified atom stereocenters. The Morgan fingerprint density at radius 3 is 1.57 bits per heavy atom. The Hall–Kier alpha value is -0.700. The van der Waals surface area contributed by atoms with Crippen LogP contribution in [0.4, 0.5) is 0 Å². The van der Waals surface area contributed by atoms with Crippen LogP contribution in [0.1, 0.15) is 136 Å². The second-order valence-electron chi connectivity index (χ2n) is 12.9. The quantitative estimate of drug-likeness (QED) is 0.0449. The molecule has 1 amide bonds. The lowest BCUT2D eigenvalue weighted by atomic mass is 9.85. The zero-order valence-electron chi connectivity index (χ0n) is 28.0. The van der Waals surface area contributed by atoms with Gasteiger partial charge < -0.3 is 46.0 Å². The van der Waals surface area contributed by atoms with Crippen molar-refractivity contribution in [3.8, 4) is 0 Å². The highest BCUT2D eigenvalue weighted by Gasteiger charge is 2.51. The number of rotatable bonds is 27. The molecular weight excluding hydrogens is 621 g/mol. The van der Waals surface area contributed by atoms with Crippen molar-refractivity contribution in [2.45, 2.75) is 191 Å². The van der Waals surface area contributed by atoms with E-state index in [4.69, 9.17) is 9.05 Å². The Balaban J connectivity index is 2.67. The highest BCUT2D eigenvalue weighted by atomic mass is 31.2. The Bertz CT molecular complexity index is 823. The van der Waals surface area contributed by atoms with Crippen molar-refractivity contribution < 1.29 is 59.0 Å². The van der Waals surface area contributed by atoms with E-state index in [1.807, 2.05) is 0 Å². The van der Waals surface area contributed by atoms with Gasteiger partial charge in [-0.15, -0.1) is 0 Å². The second kappa shape index (κ2) is 24.4. The number of aliphatic hydroxyl groups is 7. The molecule has 1 rings (SSSR count). The standard InChI is InChI=1S/C32H64NO12P/c1-3-5-7-9-11-12-14-15-17-19-23(34)21-26(36)33-24(25(35)20-18-16-13-10-8-6-4-2)22-44-46(42,43)45-32-30(40)28(38)27(37)29(39)31(32)41/h23-25,27-32,34-35,37-41H,3-22H2,1-2H3,(H,33,36)(H,42,43). The Morgan fingerprint density at radius 1 is 0.674 bits per heavy atom. The molecule has 0 aliphatic heterocycles. The summed E-state index contributed by atoms with van der Waals surface area (Å²) >= 11 is 0. The van der Waals surface area contributed by atoms with Gasteiger partial charge in [-0.3, -0.25) is 13.8 Å². The highest BCUT2D eigenvalue weighted by Crippen LogP contribution is 2.47. The van der Waals surface area contributed by atoms with Crippen molar-refractivity contribution >= 4 is 13.7 Å². The normalized spacial score (nSPS) is 26.7. The third-order valence-corrected chi connectivity index (χ3v) is 9.71. The molecule has 1 saturated carbocycles. The molecule has 0 saturated heterocycles. The summed E-state index contributed by atoms with van der Waals surface area (Å²) in [5.74, 6) is -0.567. The lowest BCUT2D eigenvalue weighted by Crippen LogP contribution is -2.64. The highest BCUT2D eigenvalue weighted by molar-refractivity contribution is 7.47. The van der Waals surface area contributed by atoms with Gasteiger partial charge in [-0.05, 0) is 12.8 Å². The van der Waals surface area contributed by atoms with Crippen molar-refractivity contribution in [2.75, 3.05) is 6.61 Å². The number of hydrogen-bond acceptors (Lipinski definition) is 11. The van der Waals surface area contributed by atoms with Gasteiger partial charge >= 0.3 is 7.82 Å². The molecule has 0 spiro atoms. The van der Waals surface area contributed by atoms with E-state index in [2.05, 4.69) is 19.2 Å². The summed E-state index contributed by atoms with van der Waals surface area (Å²) in [6.07, 6.45) is 3.73. The van der Waals surface area contributed by atoms with Crippen molar-refractivity contribution in [1.82, 2.24) is 5.32 Å². The van der Waals surface area contributed by atoms with Crippen molar-refractivity contribution in [3.05, 3.63) is 0 Å². The SMILES string of the molecule is CCCCCCCCCCCC(O)CC(=O)NC(COP(=O)(O)OC1C(O)C(O)C(O)C(O)C1O)C(O)CCCCCCCCC. The Labute approximate surface area is 275 Å². The van der Waals surface area contributed by atoms with Gasteiger partial charge in [0.2, 0.25) is 5.91 Å². The summed E-state index contributed by atoms with van der Waals surface area (Å²) in [7, 11) is -5.09. The monoisotopic (exact) mass is 685 g/mol. The number of aliphatic hydroxyl groups excluding tert-OH is 7. The van der Waals surface area contributed by atoms with Gasteiger partial charge in [-0.2, -0.15) is 0 Å². The van der Waals surface area contributed by atoms with E-state index in [-0.39, 0.29) is 12.8 Å². The number of phosphoric acid groups is 1. The number of unbranched alkanes of at least 4 members (excludes halogenated alkanes) is 14. The smallest absolute Gasteiger partial charge is 0.393 e. The maximum Gasteiger partial charge on any atom is 0.472 e. The first-order valence-electron chi connectivity index (χ1n) is 17.6. The molecule has 46 heavy (non-hydrogen) atoms. The minimum Gasteiger partial charge on any atom is -0.393 e. The van der Waals surface area contributed by atoms with Gasteiger partial charge in [0.05, 0.1) is 31.3 Å². The van der Waals surface area contributed by atoms with E-state index in [1.165, 1.54) is 32.1 Å². The fourth-order valence-electron chi connectivity index (χ4n) is 5.71. The number of amides is 1. The molecule has 9 N–H and O–H groups in total. The van der Waals surface area contributed by atoms with E-state index in [0.29, 0.717) is 12.8 Å². The summed E-state index contributed by atoms with van der Waals surface area (Å²) < 4.78 is 22.6. The number of nitrogens with one attached hydrogen (secondary N) is 1. The predicted octanol–water partition coefficient (Wildman–Crippen LogP) is 2.96. The van der Waals surface area contributed by atoms with Crippen LogP contribution in [-0.2, 0) is 18.4 Å². The zero-order chi connectivity index (χ0) is 34.5. The van der Waals surface area contributed by atoms with E-state index in [0.717, 1.165) is 64.2 Å². The molecule has 274 valence electrons. The summed E-state index contributed by atoms with van der Waals surface area (Å²) in [4.78, 5) is 23.1. The fourth-order valence-corrected chi connectivity index (χ4v) is 6.68. The van der Waals surface area contributed by atoms with Crippen LogP contribution in [0.5, 0.6) is 0 Å². The Morgan fingerprint density at radius 2 is 1.09 bits per heavy atom. The minimum atomic E-state index is -5.09. The maximum atomic E-state index is 12.8. The first-order chi connectivity index (χ1) is 21.8. The first kappa shape index (κ1) is 43.3. The van der Waals surface area contributed by atoms with Gasteiger partial charge in [0.15, 0.2) is 0 Å². The predicted molar refractivity (Wildman–Crippen MR) is 174 cm³/mol. The molecule has 0 aromatic carbocycles. The van der Waals surface area contributed by atoms with Crippen molar-refractivity contribution in [2.24, 2.45) is 0 Å². The largest absolute Gasteiger partial charge is 0.472 e. The first-order valence-corrected chi connectivity index (χ1v) is 19.1. The van der Waals surface area contributed by atoms with Crippen LogP contribution in [-0.4, -0.2) is 108 Å². The van der Waals surface area contributed by atoms with Crippen LogP contribution in [0.3, 0.4) is 0 Å². The van der Waals surface area contributed by atoms with Crippen LogP contribution in [0, 0.1) is 0 Å². The molecule has 13 nitrogen and oxygen atoms in total. The molecule has 0 bridgehead atoms. The van der Waals surface area contributed by atoms with Crippen LogP contribution in [0.2, 0.25) is 0 Å². The molecule has 0 heterocycles. The van der Waals surface area contributed by atoms with Crippen LogP contribution >= 0.6 is 7.82 Å². The van der Waals surface area contributed by atoms with Gasteiger partial charge in [0.25, 0.3) is 0 Å². The zero-order valence-corrected chi connectivity index (χ0v) is 28.9. The average molecular weight is 686 g/mol. The topological polar surface area (TPSA) is 226 Å². The molecule has 0 aromatic heterocycles. The van der Waals surface area contributed by atoms with Crippen LogP contribution < -0.4 is 5.32 Å². The lowest BCUT2D eigenvalue weighted by Gasteiger charge is -2.41. The van der Waals surface area contributed by atoms with E-state index in [1.54, 1.807) is 0 Å². The number of carbonyl (C=O) groups excluding carboxylic acids is 1. The average Bonchev–Trinajstić information content (AvgIpc) is 3.01. The Kier molecular flexibility index (Phi) is 23.0. The maximum absolute atomic E-state index is 12.8. The molecule has 0 aromatic rings. The summed E-state index contributed by atoms with van der Waals surface area (Å²) in [5.41, 5.74) is 0. The van der Waals surface area contributed by atoms with Gasteiger partial charge in [-0.1, -0.05) is 117 Å². The molecule has 1 aliphatic carbocycles. The number of carbonyl (C=O) groups is 1. The summed E-state index contributed by atoms with van der Waals surface area (Å²) in [6, 6.07) is -1.14. The van der Waals surface area contributed by atoms with Gasteiger partial charge in [0.1, 0.15) is 36.6 Å². The third kappa shape index (κ3) is 17.6. The van der Waals surface area contributed by atoms with Crippen molar-refractivity contribution in [3.63, 3.8) is 0 Å². The van der Waals surface area contributed by atoms with Crippen molar-refractivity contribution in [1.29, 1.82) is 0 Å². The van der Waals surface area contributed by atoms with Crippen LogP contribution in [0.15, 0.2) is 0 Å². The summed E-state index contributed by atoms with van der Waals surface area (Å²) in [5, 5.41) is 73.7. The van der Waals surface area contributed by atoms with Gasteiger partial charge in [-0.25, -0.2) is 4.57 Å². The number of hydrogen-bond donors (Lipinski definition) is 9. The van der Waals surface area contributed by atoms with E-state index < -0.39 is 75.2 Å². The van der Waals surface area contributed by atoms with E-state index in [9.17, 15) is 50.0 Å². The molecule has 0 radical (unpaired) electrons.